The molecule has 0 N–H and O–H groups in total. The molecule has 0 amide bonds. The molecule has 0 radical (unpaired) electrons. The largest absolute Gasteiger partial charge is 0.383 e. The van der Waals surface area contributed by atoms with Crippen LogP contribution in [0.3, 0.4) is 0 Å². The third kappa shape index (κ3) is 4.21. The lowest BCUT2D eigenvalue weighted by molar-refractivity contribution is 0.167. The van der Waals surface area contributed by atoms with E-state index in [-0.39, 0.29) is 23.7 Å². The second-order valence-electron chi connectivity index (χ2n) is 4.56. The third-order valence-corrected chi connectivity index (χ3v) is 6.11. The Labute approximate surface area is 132 Å². The van der Waals surface area contributed by atoms with Crippen molar-refractivity contribution >= 4 is 26.0 Å². The van der Waals surface area contributed by atoms with Gasteiger partial charge < -0.3 is 4.74 Å². The minimum Gasteiger partial charge on any atom is -0.383 e. The Balaban J connectivity index is 3.35. The minimum atomic E-state index is -4.10. The van der Waals surface area contributed by atoms with E-state index in [0.717, 1.165) is 10.4 Å². The molecule has 0 bridgehead atoms. The van der Waals surface area contributed by atoms with Crippen LogP contribution in [0.4, 0.5) is 8.78 Å². The van der Waals surface area contributed by atoms with Crippen molar-refractivity contribution in [2.45, 2.75) is 31.2 Å². The van der Waals surface area contributed by atoms with Gasteiger partial charge in [-0.3, -0.25) is 0 Å². The molecule has 0 heterocycles. The highest BCUT2D eigenvalue weighted by Crippen LogP contribution is 2.30. The molecule has 1 aromatic rings. The summed E-state index contributed by atoms with van der Waals surface area (Å²) in [4.78, 5) is -0.555. The first-order valence-corrected chi connectivity index (χ1v) is 8.64. The molecular weight excluding hydrogens is 368 g/mol. The number of hydrogen-bond donors (Lipinski definition) is 0. The van der Waals surface area contributed by atoms with Gasteiger partial charge in [-0.2, -0.15) is 4.31 Å². The van der Waals surface area contributed by atoms with Crippen molar-refractivity contribution in [3.05, 3.63) is 28.2 Å². The van der Waals surface area contributed by atoms with Crippen molar-refractivity contribution in [1.29, 1.82) is 0 Å². The van der Waals surface area contributed by atoms with Crippen molar-refractivity contribution in [1.82, 2.24) is 4.31 Å². The van der Waals surface area contributed by atoms with E-state index in [1.54, 1.807) is 6.92 Å². The van der Waals surface area contributed by atoms with Gasteiger partial charge >= 0.3 is 0 Å². The van der Waals surface area contributed by atoms with Gasteiger partial charge in [-0.15, -0.1) is 0 Å². The standard InChI is InChI=1S/C13H18BrF2NO3S/c1-4-9(2)17(5-6-20-3)21(18,19)13-11(14)7-10(15)8-12(13)16/h7-9H,4-6H2,1-3H3. The summed E-state index contributed by atoms with van der Waals surface area (Å²) in [6.07, 6.45) is 0.559. The van der Waals surface area contributed by atoms with Crippen LogP contribution in [0, 0.1) is 11.6 Å². The lowest BCUT2D eigenvalue weighted by Gasteiger charge is -2.28. The fourth-order valence-corrected chi connectivity index (χ4v) is 4.66. The van der Waals surface area contributed by atoms with Crippen LogP contribution in [-0.4, -0.2) is 39.0 Å². The Morgan fingerprint density at radius 1 is 1.38 bits per heavy atom. The van der Waals surface area contributed by atoms with Crippen LogP contribution in [0.25, 0.3) is 0 Å². The molecule has 4 nitrogen and oxygen atoms in total. The van der Waals surface area contributed by atoms with Crippen LogP contribution in [0.2, 0.25) is 0 Å². The summed E-state index contributed by atoms with van der Waals surface area (Å²) >= 11 is 2.92. The zero-order chi connectivity index (χ0) is 16.2. The molecule has 0 saturated carbocycles. The molecule has 120 valence electrons. The minimum absolute atomic E-state index is 0.0943. The van der Waals surface area contributed by atoms with Crippen LogP contribution in [0.5, 0.6) is 0 Å². The average molecular weight is 386 g/mol. The fourth-order valence-electron chi connectivity index (χ4n) is 1.85. The van der Waals surface area contributed by atoms with Gasteiger partial charge in [-0.05, 0) is 35.3 Å². The molecular formula is C13H18BrF2NO3S. The van der Waals surface area contributed by atoms with Crippen LogP contribution >= 0.6 is 15.9 Å². The Kier molecular flexibility index (Phi) is 6.71. The van der Waals surface area contributed by atoms with Gasteiger partial charge in [0.15, 0.2) is 0 Å². The van der Waals surface area contributed by atoms with Crippen molar-refractivity contribution in [2.24, 2.45) is 0 Å². The van der Waals surface area contributed by atoms with Gasteiger partial charge in [-0.25, -0.2) is 17.2 Å². The quantitative estimate of drug-likeness (QED) is 0.723. The smallest absolute Gasteiger partial charge is 0.247 e. The summed E-state index contributed by atoms with van der Waals surface area (Å²) in [6, 6.07) is 1.16. The molecule has 1 rings (SSSR count). The van der Waals surface area contributed by atoms with E-state index in [9.17, 15) is 17.2 Å². The van der Waals surface area contributed by atoms with E-state index in [1.807, 2.05) is 6.92 Å². The van der Waals surface area contributed by atoms with Crippen molar-refractivity contribution in [3.8, 4) is 0 Å². The zero-order valence-corrected chi connectivity index (χ0v) is 14.5. The first-order chi connectivity index (χ1) is 9.75. The summed E-state index contributed by atoms with van der Waals surface area (Å²) < 4.78 is 58.4. The first-order valence-electron chi connectivity index (χ1n) is 6.41. The molecule has 0 saturated heterocycles. The number of benzene rings is 1. The Morgan fingerprint density at radius 3 is 2.48 bits per heavy atom. The summed E-state index contributed by atoms with van der Waals surface area (Å²) in [7, 11) is -2.64. The number of nitrogens with zero attached hydrogens (tertiary/aromatic N) is 1. The summed E-state index contributed by atoms with van der Waals surface area (Å²) in [5.41, 5.74) is 0. The Bertz CT molecular complexity index is 572. The van der Waals surface area contributed by atoms with Crippen LogP contribution in [0.15, 0.2) is 21.5 Å². The molecule has 0 aliphatic carbocycles. The SMILES string of the molecule is CCC(C)N(CCOC)S(=O)(=O)c1c(F)cc(F)cc1Br. The Morgan fingerprint density at radius 2 is 2.00 bits per heavy atom. The van der Waals surface area contributed by atoms with Gasteiger partial charge in [0.2, 0.25) is 10.0 Å². The monoisotopic (exact) mass is 385 g/mol. The van der Waals surface area contributed by atoms with Crippen molar-refractivity contribution < 1.29 is 21.9 Å². The van der Waals surface area contributed by atoms with Gasteiger partial charge in [0.05, 0.1) is 6.61 Å². The highest BCUT2D eigenvalue weighted by molar-refractivity contribution is 9.10. The lowest BCUT2D eigenvalue weighted by atomic mass is 10.3. The summed E-state index contributed by atoms with van der Waals surface area (Å²) in [5.74, 6) is -1.96. The van der Waals surface area contributed by atoms with Gasteiger partial charge in [0.25, 0.3) is 0 Å². The summed E-state index contributed by atoms with van der Waals surface area (Å²) in [6.45, 7) is 3.83. The van der Waals surface area contributed by atoms with E-state index in [1.165, 1.54) is 7.11 Å². The molecule has 0 aromatic heterocycles. The number of rotatable bonds is 7. The second kappa shape index (κ2) is 7.62. The number of methoxy groups -OCH3 is 1. The zero-order valence-electron chi connectivity index (χ0n) is 12.1. The van der Waals surface area contributed by atoms with Crippen molar-refractivity contribution in [2.75, 3.05) is 20.3 Å². The fraction of sp³-hybridized carbons (Fsp3) is 0.538. The number of sulfonamides is 1. The maximum Gasteiger partial charge on any atom is 0.247 e. The molecule has 1 unspecified atom stereocenters. The maximum absolute atomic E-state index is 13.9. The highest BCUT2D eigenvalue weighted by Gasteiger charge is 2.32. The first kappa shape index (κ1) is 18.5. The molecule has 0 aliphatic rings. The predicted molar refractivity (Wildman–Crippen MR) is 79.6 cm³/mol. The van der Waals surface area contributed by atoms with E-state index in [2.05, 4.69) is 15.9 Å². The van der Waals surface area contributed by atoms with Crippen LogP contribution in [0.1, 0.15) is 20.3 Å². The molecule has 1 aromatic carbocycles. The summed E-state index contributed by atoms with van der Waals surface area (Å²) in [5, 5.41) is 0. The normalized spacial score (nSPS) is 13.7. The van der Waals surface area contributed by atoms with E-state index in [0.29, 0.717) is 12.5 Å². The second-order valence-corrected chi connectivity index (χ2v) is 7.25. The van der Waals surface area contributed by atoms with Gasteiger partial charge in [-0.1, -0.05) is 6.92 Å². The van der Waals surface area contributed by atoms with Gasteiger partial charge in [0, 0.05) is 30.2 Å². The van der Waals surface area contributed by atoms with Gasteiger partial charge in [0.1, 0.15) is 16.5 Å². The number of halogens is 3. The lowest BCUT2D eigenvalue weighted by Crippen LogP contribution is -2.41. The van der Waals surface area contributed by atoms with E-state index >= 15 is 0 Å². The molecule has 0 spiro atoms. The molecule has 21 heavy (non-hydrogen) atoms. The average Bonchev–Trinajstić information content (AvgIpc) is 2.36. The number of ether oxygens (including phenoxy) is 1. The van der Waals surface area contributed by atoms with Crippen molar-refractivity contribution in [3.63, 3.8) is 0 Å². The molecule has 8 heteroatoms. The third-order valence-electron chi connectivity index (χ3n) is 3.13. The molecule has 0 aliphatic heterocycles. The Hall–Kier alpha value is -0.570. The van der Waals surface area contributed by atoms with Crippen LogP contribution < -0.4 is 0 Å². The molecule has 0 fully saturated rings. The van der Waals surface area contributed by atoms with Crippen LogP contribution in [-0.2, 0) is 14.8 Å². The maximum atomic E-state index is 13.9. The highest BCUT2D eigenvalue weighted by atomic mass is 79.9. The van der Waals surface area contributed by atoms with E-state index in [4.69, 9.17) is 4.74 Å². The predicted octanol–water partition coefficient (Wildman–Crippen LogP) is 3.16. The number of hydrogen-bond acceptors (Lipinski definition) is 3. The molecule has 1 atom stereocenters. The topological polar surface area (TPSA) is 46.6 Å². The van der Waals surface area contributed by atoms with E-state index < -0.39 is 26.6 Å².